The van der Waals surface area contributed by atoms with E-state index in [1.54, 1.807) is 8.87 Å². The minimum atomic E-state index is -3.55. The van der Waals surface area contributed by atoms with Crippen molar-refractivity contribution in [2.75, 3.05) is 13.1 Å². The van der Waals surface area contributed by atoms with Crippen molar-refractivity contribution < 1.29 is 8.42 Å². The van der Waals surface area contributed by atoms with Gasteiger partial charge < -0.3 is 4.98 Å². The summed E-state index contributed by atoms with van der Waals surface area (Å²) in [6.07, 6.45) is 1.23. The lowest BCUT2D eigenvalue weighted by atomic mass is 10.1. The molecule has 6 nitrogen and oxygen atoms in total. The van der Waals surface area contributed by atoms with Crippen molar-refractivity contribution in [3.8, 4) is 0 Å². The van der Waals surface area contributed by atoms with Crippen LogP contribution in [0.3, 0.4) is 0 Å². The highest BCUT2D eigenvalue weighted by Crippen LogP contribution is 2.31. The molecule has 28 heavy (non-hydrogen) atoms. The van der Waals surface area contributed by atoms with Crippen molar-refractivity contribution in [2.24, 2.45) is 0 Å². The van der Waals surface area contributed by atoms with Crippen LogP contribution in [0.25, 0.3) is 11.0 Å². The average Bonchev–Trinajstić information content (AvgIpc) is 2.96. The molecule has 4 rings (SSSR count). The van der Waals surface area contributed by atoms with Crippen molar-refractivity contribution in [3.63, 3.8) is 0 Å². The molecule has 0 spiro atoms. The monoisotopic (exact) mass is 399 g/mol. The summed E-state index contributed by atoms with van der Waals surface area (Å²) in [7, 11) is -3.55. The van der Waals surface area contributed by atoms with Crippen molar-refractivity contribution in [3.05, 3.63) is 63.6 Å². The van der Waals surface area contributed by atoms with Gasteiger partial charge in [0.2, 0.25) is 10.0 Å². The lowest BCUT2D eigenvalue weighted by Crippen LogP contribution is -2.40. The molecule has 0 radical (unpaired) electrons. The van der Waals surface area contributed by atoms with Crippen LogP contribution in [0.2, 0.25) is 0 Å². The number of aromatic nitrogens is 2. The first-order valence-corrected chi connectivity index (χ1v) is 11.0. The zero-order valence-corrected chi connectivity index (χ0v) is 17.2. The molecule has 2 aromatic carbocycles. The molecule has 0 bridgehead atoms. The summed E-state index contributed by atoms with van der Waals surface area (Å²) in [5.74, 6) is 0. The Morgan fingerprint density at radius 3 is 2.25 bits per heavy atom. The second-order valence-electron chi connectivity index (χ2n) is 7.68. The third-order valence-electron chi connectivity index (χ3n) is 5.62. The fourth-order valence-corrected chi connectivity index (χ4v) is 6.36. The molecule has 1 aliphatic heterocycles. The van der Waals surface area contributed by atoms with Crippen LogP contribution in [-0.4, -0.2) is 35.4 Å². The van der Waals surface area contributed by atoms with Gasteiger partial charge in [-0.3, -0.25) is 4.57 Å². The maximum atomic E-state index is 13.3. The maximum Gasteiger partial charge on any atom is 0.326 e. The van der Waals surface area contributed by atoms with Gasteiger partial charge in [-0.2, -0.15) is 4.31 Å². The highest BCUT2D eigenvalue weighted by Gasteiger charge is 2.32. The number of rotatable bonds is 3. The van der Waals surface area contributed by atoms with E-state index in [2.05, 4.69) is 4.98 Å². The van der Waals surface area contributed by atoms with E-state index in [4.69, 9.17) is 0 Å². The first-order chi connectivity index (χ1) is 13.3. The normalized spacial score (nSPS) is 16.7. The average molecular weight is 400 g/mol. The van der Waals surface area contributed by atoms with Gasteiger partial charge in [-0.25, -0.2) is 13.2 Å². The van der Waals surface area contributed by atoms with Crippen LogP contribution in [0.5, 0.6) is 0 Å². The van der Waals surface area contributed by atoms with Crippen LogP contribution in [0.4, 0.5) is 0 Å². The Morgan fingerprint density at radius 1 is 1.00 bits per heavy atom. The van der Waals surface area contributed by atoms with E-state index >= 15 is 0 Å². The number of imidazole rings is 1. The number of fused-ring (bicyclic) bond motifs is 1. The quantitative estimate of drug-likeness (QED) is 0.734. The van der Waals surface area contributed by atoms with Gasteiger partial charge in [0.25, 0.3) is 0 Å². The Balaban J connectivity index is 1.61. The van der Waals surface area contributed by atoms with Gasteiger partial charge in [-0.15, -0.1) is 0 Å². The van der Waals surface area contributed by atoms with Gasteiger partial charge >= 0.3 is 5.69 Å². The zero-order valence-electron chi connectivity index (χ0n) is 16.4. The largest absolute Gasteiger partial charge is 0.326 e. The predicted octanol–water partition coefficient (Wildman–Crippen LogP) is 3.28. The standard InChI is InChI=1S/C21H25N3O3S/c1-14-12-15(2)20(16(3)13-14)28(26,27)23-10-8-17(9-11-23)24-19-7-5-4-6-18(19)22-21(24)25/h4-7,12-13,17H,8-11H2,1-3H3,(H,22,25). The number of nitrogens with zero attached hydrogens (tertiary/aromatic N) is 2. The number of sulfonamides is 1. The lowest BCUT2D eigenvalue weighted by Gasteiger charge is -2.32. The van der Waals surface area contributed by atoms with Gasteiger partial charge in [-0.05, 0) is 56.9 Å². The minimum Gasteiger partial charge on any atom is -0.306 e. The zero-order chi connectivity index (χ0) is 20.1. The number of hydrogen-bond donors (Lipinski definition) is 1. The van der Waals surface area contributed by atoms with Crippen LogP contribution < -0.4 is 5.69 Å². The molecule has 1 aliphatic rings. The Hall–Kier alpha value is -2.38. The highest BCUT2D eigenvalue weighted by molar-refractivity contribution is 7.89. The van der Waals surface area contributed by atoms with E-state index < -0.39 is 10.0 Å². The number of H-pyrrole nitrogens is 1. The molecule has 148 valence electrons. The van der Waals surface area contributed by atoms with Crippen LogP contribution >= 0.6 is 0 Å². The Labute approximate surface area is 164 Å². The summed E-state index contributed by atoms with van der Waals surface area (Å²) in [6.45, 7) is 6.49. The SMILES string of the molecule is Cc1cc(C)c(S(=O)(=O)N2CCC(n3c(=O)[nH]c4ccccc43)CC2)c(C)c1. The molecule has 7 heteroatoms. The number of para-hydroxylation sites is 2. The molecule has 2 heterocycles. The smallest absolute Gasteiger partial charge is 0.306 e. The Kier molecular flexibility index (Phi) is 4.67. The first kappa shape index (κ1) is 19.0. The van der Waals surface area contributed by atoms with Crippen molar-refractivity contribution in [1.82, 2.24) is 13.9 Å². The van der Waals surface area contributed by atoms with Gasteiger partial charge in [0, 0.05) is 19.1 Å². The van der Waals surface area contributed by atoms with Crippen molar-refractivity contribution >= 4 is 21.1 Å². The molecule has 1 fully saturated rings. The van der Waals surface area contributed by atoms with E-state index in [-0.39, 0.29) is 11.7 Å². The molecular formula is C21H25N3O3S. The molecule has 0 aliphatic carbocycles. The molecule has 0 atom stereocenters. The number of aryl methyl sites for hydroxylation is 3. The van der Waals surface area contributed by atoms with E-state index in [0.717, 1.165) is 27.7 Å². The number of aromatic amines is 1. The second kappa shape index (κ2) is 6.90. The Bertz CT molecular complexity index is 1180. The highest BCUT2D eigenvalue weighted by atomic mass is 32.2. The minimum absolute atomic E-state index is 0.00434. The van der Waals surface area contributed by atoms with Crippen LogP contribution in [0, 0.1) is 20.8 Å². The van der Waals surface area contributed by atoms with Gasteiger partial charge in [-0.1, -0.05) is 29.8 Å². The fraction of sp³-hybridized carbons (Fsp3) is 0.381. The van der Waals surface area contributed by atoms with Crippen molar-refractivity contribution in [1.29, 1.82) is 0 Å². The molecule has 1 saturated heterocycles. The molecule has 0 saturated carbocycles. The third kappa shape index (κ3) is 3.08. The van der Waals surface area contributed by atoms with Crippen LogP contribution in [-0.2, 0) is 10.0 Å². The van der Waals surface area contributed by atoms with E-state index in [9.17, 15) is 13.2 Å². The van der Waals surface area contributed by atoms with Crippen LogP contribution in [0.1, 0.15) is 35.6 Å². The predicted molar refractivity (Wildman–Crippen MR) is 110 cm³/mol. The molecular weight excluding hydrogens is 374 g/mol. The number of nitrogens with one attached hydrogen (secondary N) is 1. The third-order valence-corrected chi connectivity index (χ3v) is 7.82. The summed E-state index contributed by atoms with van der Waals surface area (Å²) >= 11 is 0. The first-order valence-electron chi connectivity index (χ1n) is 9.56. The molecule has 1 N–H and O–H groups in total. The summed E-state index contributed by atoms with van der Waals surface area (Å²) in [6, 6.07) is 11.4. The topological polar surface area (TPSA) is 75.2 Å². The second-order valence-corrected chi connectivity index (χ2v) is 9.56. The number of hydrogen-bond acceptors (Lipinski definition) is 3. The van der Waals surface area contributed by atoms with Gasteiger partial charge in [0.15, 0.2) is 0 Å². The molecule has 0 amide bonds. The fourth-order valence-electron chi connectivity index (χ4n) is 4.48. The summed E-state index contributed by atoms with van der Waals surface area (Å²) in [4.78, 5) is 15.7. The van der Waals surface area contributed by atoms with Gasteiger partial charge in [0.1, 0.15) is 0 Å². The lowest BCUT2D eigenvalue weighted by molar-refractivity contribution is 0.274. The summed E-state index contributed by atoms with van der Waals surface area (Å²) in [5, 5.41) is 0. The maximum absolute atomic E-state index is 13.3. The Morgan fingerprint density at radius 2 is 1.61 bits per heavy atom. The number of piperidine rings is 1. The van der Waals surface area contributed by atoms with Crippen LogP contribution in [0.15, 0.2) is 46.1 Å². The summed E-state index contributed by atoms with van der Waals surface area (Å²) in [5.41, 5.74) is 4.19. The molecule has 1 aromatic heterocycles. The molecule has 3 aromatic rings. The van der Waals surface area contributed by atoms with Crippen molar-refractivity contribution in [2.45, 2.75) is 44.6 Å². The number of benzene rings is 2. The van der Waals surface area contributed by atoms with Gasteiger partial charge in [0.05, 0.1) is 15.9 Å². The molecule has 0 unspecified atom stereocenters. The van der Waals surface area contributed by atoms with E-state index in [1.807, 2.05) is 57.2 Å². The van der Waals surface area contributed by atoms with E-state index in [1.165, 1.54) is 0 Å². The van der Waals surface area contributed by atoms with E-state index in [0.29, 0.717) is 30.8 Å². The summed E-state index contributed by atoms with van der Waals surface area (Å²) < 4.78 is 29.9.